The minimum atomic E-state index is -0.0328. The van der Waals surface area contributed by atoms with E-state index in [4.69, 9.17) is 0 Å². The van der Waals surface area contributed by atoms with Crippen LogP contribution in [-0.4, -0.2) is 0 Å². The molecule has 0 bridgehead atoms. The lowest BCUT2D eigenvalue weighted by Crippen LogP contribution is -2.14. The van der Waals surface area contributed by atoms with Crippen LogP contribution in [0.1, 0.15) is 25.0 Å². The van der Waals surface area contributed by atoms with E-state index in [2.05, 4.69) is 207 Å². The maximum atomic E-state index is 2.41. The first kappa shape index (κ1) is 29.9. The van der Waals surface area contributed by atoms with E-state index in [9.17, 15) is 0 Å². The Kier molecular flexibility index (Phi) is 7.21. The Morgan fingerprint density at radius 1 is 0.360 bits per heavy atom. The summed E-state index contributed by atoms with van der Waals surface area (Å²) in [7, 11) is 0. The predicted octanol–water partition coefficient (Wildman–Crippen LogP) is 13.6. The van der Waals surface area contributed by atoms with E-state index in [1.807, 2.05) is 0 Å². The van der Waals surface area contributed by atoms with E-state index < -0.39 is 0 Å². The van der Waals surface area contributed by atoms with Gasteiger partial charge in [-0.3, -0.25) is 0 Å². The average molecular weight is 640 g/mol. The summed E-state index contributed by atoms with van der Waals surface area (Å²) in [6.45, 7) is 4.69. The SMILES string of the molecule is CC1(C)c2ccccc2-c2ccc(-c3ccc(N(c4cccc(-c5cccc6ccccc56)c4)c4ccccc4-c4ccccc4)cc3)cc21. The van der Waals surface area contributed by atoms with Crippen molar-refractivity contribution in [3.05, 3.63) is 199 Å². The molecular weight excluding hydrogens is 603 g/mol. The first-order chi connectivity index (χ1) is 24.6. The van der Waals surface area contributed by atoms with Gasteiger partial charge in [0.2, 0.25) is 0 Å². The first-order valence-corrected chi connectivity index (χ1v) is 17.4. The molecule has 0 radical (unpaired) electrons. The Hall–Kier alpha value is -6.18. The standard InChI is InChI=1S/C49H37N/c1-49(2)46-24-10-8-22-44(46)45-31-28-37(33-47(45)49)34-26-29-39(30-27-34)50(48-25-11-9-21-43(48)36-14-4-3-5-15-36)40-19-12-18-38(32-40)42-23-13-17-35-16-6-7-20-41(35)42/h3-33H,1-2H3. The molecule has 0 unspecified atom stereocenters. The molecule has 0 N–H and O–H groups in total. The molecule has 1 nitrogen and oxygen atoms in total. The molecule has 0 atom stereocenters. The van der Waals surface area contributed by atoms with Gasteiger partial charge in [-0.15, -0.1) is 0 Å². The van der Waals surface area contributed by atoms with Crippen molar-refractivity contribution < 1.29 is 0 Å². The van der Waals surface area contributed by atoms with E-state index in [0.717, 1.165) is 17.1 Å². The van der Waals surface area contributed by atoms with Crippen molar-refractivity contribution in [3.8, 4) is 44.5 Å². The monoisotopic (exact) mass is 639 g/mol. The van der Waals surface area contributed by atoms with E-state index in [0.29, 0.717) is 0 Å². The number of para-hydroxylation sites is 1. The molecule has 0 aliphatic heterocycles. The highest BCUT2D eigenvalue weighted by molar-refractivity contribution is 5.98. The fourth-order valence-electron chi connectivity index (χ4n) is 7.93. The molecule has 0 heterocycles. The van der Waals surface area contributed by atoms with Gasteiger partial charge >= 0.3 is 0 Å². The number of nitrogens with zero attached hydrogens (tertiary/aromatic N) is 1. The quantitative estimate of drug-likeness (QED) is 0.175. The molecular formula is C49H37N. The number of fused-ring (bicyclic) bond motifs is 4. The number of rotatable bonds is 6. The van der Waals surface area contributed by atoms with E-state index in [-0.39, 0.29) is 5.41 Å². The molecule has 0 aromatic heterocycles. The van der Waals surface area contributed by atoms with Crippen molar-refractivity contribution in [1.82, 2.24) is 0 Å². The summed E-state index contributed by atoms with van der Waals surface area (Å²) in [5.74, 6) is 0. The number of benzene rings is 8. The van der Waals surface area contributed by atoms with Crippen molar-refractivity contribution in [3.63, 3.8) is 0 Å². The molecule has 9 rings (SSSR count). The molecule has 8 aromatic rings. The summed E-state index contributed by atoms with van der Waals surface area (Å²) in [5.41, 5.74) is 16.1. The molecule has 0 saturated heterocycles. The lowest BCUT2D eigenvalue weighted by molar-refractivity contribution is 0.660. The van der Waals surface area contributed by atoms with Gasteiger partial charge in [0.1, 0.15) is 0 Å². The molecule has 0 fully saturated rings. The fourth-order valence-corrected chi connectivity index (χ4v) is 7.93. The van der Waals surface area contributed by atoms with Gasteiger partial charge in [0, 0.05) is 22.4 Å². The van der Waals surface area contributed by atoms with Gasteiger partial charge in [-0.05, 0) is 97.2 Å². The zero-order valence-corrected chi connectivity index (χ0v) is 28.3. The molecule has 0 saturated carbocycles. The summed E-state index contributed by atoms with van der Waals surface area (Å²) in [6.07, 6.45) is 0. The summed E-state index contributed by atoms with van der Waals surface area (Å²) in [5, 5.41) is 2.50. The Balaban J connectivity index is 1.17. The van der Waals surface area contributed by atoms with Gasteiger partial charge in [-0.25, -0.2) is 0 Å². The second kappa shape index (κ2) is 12.1. The second-order valence-corrected chi connectivity index (χ2v) is 13.8. The minimum absolute atomic E-state index is 0.0328. The zero-order chi connectivity index (χ0) is 33.7. The lowest BCUT2D eigenvalue weighted by atomic mass is 9.81. The van der Waals surface area contributed by atoms with Gasteiger partial charge in [0.25, 0.3) is 0 Å². The normalized spacial score (nSPS) is 12.8. The highest BCUT2D eigenvalue weighted by Crippen LogP contribution is 2.50. The van der Waals surface area contributed by atoms with Crippen LogP contribution < -0.4 is 4.90 Å². The van der Waals surface area contributed by atoms with Crippen LogP contribution in [0, 0.1) is 0 Å². The van der Waals surface area contributed by atoms with Crippen LogP contribution >= 0.6 is 0 Å². The van der Waals surface area contributed by atoms with Gasteiger partial charge < -0.3 is 4.90 Å². The predicted molar refractivity (Wildman–Crippen MR) is 213 cm³/mol. The summed E-state index contributed by atoms with van der Waals surface area (Å²) in [6, 6.07) is 68.6. The third-order valence-electron chi connectivity index (χ3n) is 10.5. The van der Waals surface area contributed by atoms with Gasteiger partial charge in [0.05, 0.1) is 5.69 Å². The molecule has 238 valence electrons. The van der Waals surface area contributed by atoms with Crippen LogP contribution in [0.4, 0.5) is 17.1 Å². The smallest absolute Gasteiger partial charge is 0.0540 e. The van der Waals surface area contributed by atoms with Crippen molar-refractivity contribution >= 4 is 27.8 Å². The van der Waals surface area contributed by atoms with Crippen LogP contribution in [0.25, 0.3) is 55.3 Å². The van der Waals surface area contributed by atoms with E-state index in [1.165, 1.54) is 66.4 Å². The Morgan fingerprint density at radius 3 is 1.84 bits per heavy atom. The van der Waals surface area contributed by atoms with Crippen LogP contribution in [-0.2, 0) is 5.41 Å². The largest absolute Gasteiger partial charge is 0.310 e. The second-order valence-electron chi connectivity index (χ2n) is 13.8. The van der Waals surface area contributed by atoms with Crippen LogP contribution in [0.2, 0.25) is 0 Å². The van der Waals surface area contributed by atoms with Crippen molar-refractivity contribution in [2.45, 2.75) is 19.3 Å². The van der Waals surface area contributed by atoms with Gasteiger partial charge in [0.15, 0.2) is 0 Å². The highest BCUT2D eigenvalue weighted by Gasteiger charge is 2.35. The number of anilines is 3. The van der Waals surface area contributed by atoms with E-state index >= 15 is 0 Å². The minimum Gasteiger partial charge on any atom is -0.310 e. The maximum absolute atomic E-state index is 2.41. The van der Waals surface area contributed by atoms with Crippen LogP contribution in [0.15, 0.2) is 188 Å². The molecule has 1 heteroatoms. The van der Waals surface area contributed by atoms with E-state index in [1.54, 1.807) is 0 Å². The number of hydrogen-bond donors (Lipinski definition) is 0. The lowest BCUT2D eigenvalue weighted by Gasteiger charge is -2.28. The Bertz CT molecular complexity index is 2500. The number of hydrogen-bond acceptors (Lipinski definition) is 1. The molecule has 1 aliphatic carbocycles. The third kappa shape index (κ3) is 5.02. The third-order valence-corrected chi connectivity index (χ3v) is 10.5. The molecule has 8 aromatic carbocycles. The van der Waals surface area contributed by atoms with Crippen molar-refractivity contribution in [2.24, 2.45) is 0 Å². The summed E-state index contributed by atoms with van der Waals surface area (Å²) in [4.78, 5) is 2.41. The maximum Gasteiger partial charge on any atom is 0.0540 e. The van der Waals surface area contributed by atoms with Gasteiger partial charge in [-0.2, -0.15) is 0 Å². The first-order valence-electron chi connectivity index (χ1n) is 17.4. The molecule has 0 spiro atoms. The van der Waals surface area contributed by atoms with Crippen molar-refractivity contribution in [1.29, 1.82) is 0 Å². The highest BCUT2D eigenvalue weighted by atomic mass is 15.1. The zero-order valence-electron chi connectivity index (χ0n) is 28.3. The van der Waals surface area contributed by atoms with Crippen molar-refractivity contribution in [2.75, 3.05) is 4.90 Å². The fraction of sp³-hybridized carbons (Fsp3) is 0.0612. The average Bonchev–Trinajstić information content (AvgIpc) is 3.41. The molecule has 50 heavy (non-hydrogen) atoms. The van der Waals surface area contributed by atoms with Gasteiger partial charge in [-0.1, -0.05) is 166 Å². The topological polar surface area (TPSA) is 3.24 Å². The summed E-state index contributed by atoms with van der Waals surface area (Å²) >= 11 is 0. The van der Waals surface area contributed by atoms with Crippen LogP contribution in [0.5, 0.6) is 0 Å². The molecule has 1 aliphatic rings. The van der Waals surface area contributed by atoms with Crippen LogP contribution in [0.3, 0.4) is 0 Å². The molecule has 0 amide bonds. The Morgan fingerprint density at radius 2 is 0.980 bits per heavy atom. The Labute approximate surface area is 294 Å². The summed E-state index contributed by atoms with van der Waals surface area (Å²) < 4.78 is 0.